The third-order valence-electron chi connectivity index (χ3n) is 5.77. The molecule has 0 radical (unpaired) electrons. The quantitative estimate of drug-likeness (QED) is 0.899. The van der Waals surface area contributed by atoms with E-state index in [1.54, 1.807) is 0 Å². The molecule has 0 amide bonds. The smallest absolute Gasteiger partial charge is 0.133 e. The van der Waals surface area contributed by atoms with Crippen molar-refractivity contribution in [2.75, 3.05) is 25.0 Å². The molecule has 21 heavy (non-hydrogen) atoms. The maximum Gasteiger partial charge on any atom is 0.133 e. The van der Waals surface area contributed by atoms with Crippen LogP contribution >= 0.6 is 0 Å². The number of fused-ring (bicyclic) bond motifs is 3. The number of nitrogens with zero attached hydrogens (tertiary/aromatic N) is 3. The van der Waals surface area contributed by atoms with Gasteiger partial charge in [0.2, 0.25) is 0 Å². The molecule has 0 saturated carbocycles. The Morgan fingerprint density at radius 3 is 2.95 bits per heavy atom. The molecule has 2 aliphatic heterocycles. The Hall–Kier alpha value is -1.13. The minimum atomic E-state index is 0.607. The van der Waals surface area contributed by atoms with Gasteiger partial charge >= 0.3 is 0 Å². The minimum Gasteiger partial charge on any atom is -0.355 e. The molecule has 1 aromatic rings. The van der Waals surface area contributed by atoms with Gasteiger partial charge in [-0.2, -0.15) is 0 Å². The highest BCUT2D eigenvalue weighted by Crippen LogP contribution is 2.33. The molecule has 4 nitrogen and oxygen atoms in total. The normalized spacial score (nSPS) is 28.8. The lowest BCUT2D eigenvalue weighted by Gasteiger charge is -2.28. The number of aromatic nitrogens is 1. The van der Waals surface area contributed by atoms with E-state index >= 15 is 0 Å². The zero-order valence-corrected chi connectivity index (χ0v) is 13.0. The number of rotatable bonds is 2. The fraction of sp³-hybridized carbons (Fsp3) is 0.706. The zero-order chi connectivity index (χ0) is 14.4. The fourth-order valence-electron chi connectivity index (χ4n) is 4.43. The van der Waals surface area contributed by atoms with Crippen LogP contribution in [0.2, 0.25) is 0 Å². The van der Waals surface area contributed by atoms with Crippen LogP contribution in [0.15, 0.2) is 6.07 Å². The molecule has 3 aliphatic rings. The van der Waals surface area contributed by atoms with Crippen LogP contribution in [0.5, 0.6) is 0 Å². The van der Waals surface area contributed by atoms with Crippen LogP contribution in [-0.2, 0) is 19.4 Å². The summed E-state index contributed by atoms with van der Waals surface area (Å²) in [5.74, 6) is 1.18. The Balaban J connectivity index is 1.66. The van der Waals surface area contributed by atoms with Gasteiger partial charge in [0.05, 0.1) is 0 Å². The van der Waals surface area contributed by atoms with E-state index < -0.39 is 0 Å². The monoisotopic (exact) mass is 286 g/mol. The van der Waals surface area contributed by atoms with E-state index in [9.17, 15) is 0 Å². The van der Waals surface area contributed by atoms with Crippen LogP contribution in [0.4, 0.5) is 5.82 Å². The predicted octanol–water partition coefficient (Wildman–Crippen LogP) is 1.70. The molecule has 0 aromatic carbocycles. The van der Waals surface area contributed by atoms with Gasteiger partial charge in [-0.25, -0.2) is 4.98 Å². The molecule has 2 N–H and O–H groups in total. The average Bonchev–Trinajstić information content (AvgIpc) is 3.02. The Morgan fingerprint density at radius 1 is 1.24 bits per heavy atom. The van der Waals surface area contributed by atoms with Crippen LogP contribution in [-0.4, -0.2) is 42.1 Å². The lowest BCUT2D eigenvalue weighted by molar-refractivity contribution is 0.254. The maximum atomic E-state index is 6.02. The van der Waals surface area contributed by atoms with Crippen LogP contribution in [0.1, 0.15) is 42.5 Å². The van der Waals surface area contributed by atoms with Gasteiger partial charge in [0.25, 0.3) is 0 Å². The van der Waals surface area contributed by atoms with Gasteiger partial charge < -0.3 is 10.6 Å². The first-order chi connectivity index (χ1) is 10.3. The number of hydrogen-bond donors (Lipinski definition) is 1. The largest absolute Gasteiger partial charge is 0.355 e. The summed E-state index contributed by atoms with van der Waals surface area (Å²) >= 11 is 0. The van der Waals surface area contributed by atoms with Gasteiger partial charge in [0.15, 0.2) is 0 Å². The molecule has 4 heteroatoms. The van der Waals surface area contributed by atoms with Gasteiger partial charge in [-0.1, -0.05) is 0 Å². The SMILES string of the molecule is CN1C2CCC1CN(c1nc3c(cc1CN)CCC3)CC2. The van der Waals surface area contributed by atoms with E-state index in [2.05, 4.69) is 22.9 Å². The van der Waals surface area contributed by atoms with E-state index in [0.29, 0.717) is 12.6 Å². The number of nitrogens with two attached hydrogens (primary N) is 1. The first kappa shape index (κ1) is 13.5. The lowest BCUT2D eigenvalue weighted by atomic mass is 10.1. The first-order valence-corrected chi connectivity index (χ1v) is 8.45. The molecule has 0 spiro atoms. The van der Waals surface area contributed by atoms with Crippen LogP contribution in [0.3, 0.4) is 0 Å². The molecule has 2 atom stereocenters. The van der Waals surface area contributed by atoms with Crippen LogP contribution in [0.25, 0.3) is 0 Å². The summed E-state index contributed by atoms with van der Waals surface area (Å²) in [6.07, 6.45) is 7.55. The topological polar surface area (TPSA) is 45.4 Å². The molecule has 2 unspecified atom stereocenters. The highest BCUT2D eigenvalue weighted by molar-refractivity contribution is 5.51. The summed E-state index contributed by atoms with van der Waals surface area (Å²) in [6.45, 7) is 2.85. The molecule has 1 aliphatic carbocycles. The second-order valence-electron chi connectivity index (χ2n) is 6.92. The van der Waals surface area contributed by atoms with Gasteiger partial charge in [-0.15, -0.1) is 0 Å². The second-order valence-corrected chi connectivity index (χ2v) is 6.92. The van der Waals surface area contributed by atoms with Crippen molar-refractivity contribution in [3.8, 4) is 0 Å². The number of likely N-dealkylation sites (N-methyl/N-ethyl adjacent to an activating group) is 1. The summed E-state index contributed by atoms with van der Waals surface area (Å²) in [7, 11) is 2.30. The highest BCUT2D eigenvalue weighted by atomic mass is 15.3. The molecule has 3 heterocycles. The average molecular weight is 286 g/mol. The van der Waals surface area contributed by atoms with Crippen molar-refractivity contribution in [1.29, 1.82) is 0 Å². The highest BCUT2D eigenvalue weighted by Gasteiger charge is 2.35. The Kier molecular flexibility index (Phi) is 3.38. The zero-order valence-electron chi connectivity index (χ0n) is 13.0. The molecule has 4 rings (SSSR count). The van der Waals surface area contributed by atoms with E-state index in [4.69, 9.17) is 10.7 Å². The second kappa shape index (κ2) is 5.25. The summed E-state index contributed by atoms with van der Waals surface area (Å²) in [4.78, 5) is 10.1. The van der Waals surface area contributed by atoms with Crippen molar-refractivity contribution in [3.63, 3.8) is 0 Å². The van der Waals surface area contributed by atoms with E-state index in [1.807, 2.05) is 0 Å². The third-order valence-corrected chi connectivity index (χ3v) is 5.77. The Labute approximate surface area is 127 Å². The molecule has 2 saturated heterocycles. The summed E-state index contributed by atoms with van der Waals surface area (Å²) in [5.41, 5.74) is 10.0. The number of aryl methyl sites for hydroxylation is 2. The summed E-state index contributed by atoms with van der Waals surface area (Å²) < 4.78 is 0. The van der Waals surface area contributed by atoms with Crippen molar-refractivity contribution < 1.29 is 0 Å². The minimum absolute atomic E-state index is 0.607. The van der Waals surface area contributed by atoms with Gasteiger partial charge in [0.1, 0.15) is 5.82 Å². The molecular weight excluding hydrogens is 260 g/mol. The van der Waals surface area contributed by atoms with Crippen molar-refractivity contribution in [2.24, 2.45) is 5.73 Å². The van der Waals surface area contributed by atoms with Gasteiger partial charge in [-0.3, -0.25) is 4.90 Å². The number of anilines is 1. The number of hydrogen-bond acceptors (Lipinski definition) is 4. The number of pyridine rings is 1. The van der Waals surface area contributed by atoms with Crippen LogP contribution in [0, 0.1) is 0 Å². The fourth-order valence-corrected chi connectivity index (χ4v) is 4.43. The standard InChI is InChI=1S/C17H26N4/c1-20-14-5-6-15(20)11-21(8-7-14)17-13(10-18)9-12-3-2-4-16(12)19-17/h9,14-15H,2-8,10-11,18H2,1H3. The van der Waals surface area contributed by atoms with E-state index in [0.717, 1.165) is 25.6 Å². The third kappa shape index (κ3) is 2.25. The maximum absolute atomic E-state index is 6.02. The molecular formula is C17H26N4. The Bertz CT molecular complexity index is 542. The van der Waals surface area contributed by atoms with Gasteiger partial charge in [-0.05, 0) is 57.2 Å². The lowest BCUT2D eigenvalue weighted by Crippen LogP contribution is -2.37. The molecule has 2 fully saturated rings. The van der Waals surface area contributed by atoms with Crippen molar-refractivity contribution >= 4 is 5.82 Å². The first-order valence-electron chi connectivity index (χ1n) is 8.45. The summed E-state index contributed by atoms with van der Waals surface area (Å²) in [6, 6.07) is 3.80. The van der Waals surface area contributed by atoms with Crippen molar-refractivity contribution in [2.45, 2.75) is 57.2 Å². The predicted molar refractivity (Wildman–Crippen MR) is 85.6 cm³/mol. The summed E-state index contributed by atoms with van der Waals surface area (Å²) in [5, 5.41) is 0. The van der Waals surface area contributed by atoms with Crippen molar-refractivity contribution in [3.05, 3.63) is 22.9 Å². The molecule has 114 valence electrons. The Morgan fingerprint density at radius 2 is 2.10 bits per heavy atom. The van der Waals surface area contributed by atoms with Crippen molar-refractivity contribution in [1.82, 2.24) is 9.88 Å². The van der Waals surface area contributed by atoms with E-state index in [1.165, 1.54) is 54.7 Å². The van der Waals surface area contributed by atoms with Gasteiger partial charge in [0, 0.05) is 43.0 Å². The van der Waals surface area contributed by atoms with Crippen LogP contribution < -0.4 is 10.6 Å². The van der Waals surface area contributed by atoms with E-state index in [-0.39, 0.29) is 0 Å². The molecule has 1 aromatic heterocycles. The molecule has 2 bridgehead atoms.